The lowest BCUT2D eigenvalue weighted by atomic mass is 10.1. The Morgan fingerprint density at radius 2 is 1.95 bits per heavy atom. The highest BCUT2D eigenvalue weighted by molar-refractivity contribution is 5.25. The lowest BCUT2D eigenvalue weighted by Gasteiger charge is -2.09. The summed E-state index contributed by atoms with van der Waals surface area (Å²) in [5.74, 6) is 0. The average molecular weight is 283 g/mol. The Morgan fingerprint density at radius 1 is 1.21 bits per heavy atom. The smallest absolute Gasteiger partial charge is 0.374 e. The molecule has 0 aromatic heterocycles. The van der Waals surface area contributed by atoms with Crippen molar-refractivity contribution >= 4 is 0 Å². The van der Waals surface area contributed by atoms with Crippen molar-refractivity contribution in [3.8, 4) is 0 Å². The third-order valence-corrected chi connectivity index (χ3v) is 2.25. The van der Waals surface area contributed by atoms with E-state index in [2.05, 4.69) is 10.1 Å². The van der Waals surface area contributed by atoms with Gasteiger partial charge in [0.2, 0.25) is 0 Å². The van der Waals surface area contributed by atoms with Gasteiger partial charge in [-0.15, -0.1) is 0 Å². The van der Waals surface area contributed by atoms with Gasteiger partial charge in [-0.25, -0.2) is 8.78 Å². The van der Waals surface area contributed by atoms with E-state index in [0.29, 0.717) is 12.1 Å². The molecule has 1 aromatic rings. The molecule has 0 radical (unpaired) electrons. The zero-order valence-electron chi connectivity index (χ0n) is 10.0. The summed E-state index contributed by atoms with van der Waals surface area (Å²) in [5, 5.41) is 2.82. The maximum atomic E-state index is 12.4. The van der Waals surface area contributed by atoms with Crippen LogP contribution in [-0.4, -0.2) is 26.2 Å². The Bertz CT molecular complexity index is 381. The molecule has 0 amide bonds. The molecule has 0 saturated heterocycles. The number of halogens is 5. The minimum Gasteiger partial charge on any atom is -0.374 e. The van der Waals surface area contributed by atoms with Crippen LogP contribution in [0.5, 0.6) is 0 Å². The van der Waals surface area contributed by atoms with Crippen LogP contribution in [0, 0.1) is 0 Å². The normalized spacial score (nSPS) is 12.1. The van der Waals surface area contributed by atoms with Crippen LogP contribution < -0.4 is 5.32 Å². The van der Waals surface area contributed by atoms with E-state index in [-0.39, 0.29) is 13.2 Å². The van der Waals surface area contributed by atoms with E-state index in [9.17, 15) is 22.0 Å². The third kappa shape index (κ3) is 6.49. The summed E-state index contributed by atoms with van der Waals surface area (Å²) in [7, 11) is 0. The Morgan fingerprint density at radius 3 is 2.58 bits per heavy atom. The van der Waals surface area contributed by atoms with Crippen LogP contribution in [-0.2, 0) is 17.5 Å². The van der Waals surface area contributed by atoms with Crippen LogP contribution in [0.1, 0.15) is 11.1 Å². The largest absolute Gasteiger partial charge is 0.416 e. The number of hydrogen-bond acceptors (Lipinski definition) is 2. The molecular weight excluding hydrogens is 269 g/mol. The first-order valence-corrected chi connectivity index (χ1v) is 5.62. The van der Waals surface area contributed by atoms with Crippen LogP contribution >= 0.6 is 0 Å². The van der Waals surface area contributed by atoms with Crippen molar-refractivity contribution in [2.75, 3.05) is 19.8 Å². The van der Waals surface area contributed by atoms with Gasteiger partial charge >= 0.3 is 6.18 Å². The molecule has 0 aliphatic rings. The lowest BCUT2D eigenvalue weighted by molar-refractivity contribution is -0.137. The van der Waals surface area contributed by atoms with Gasteiger partial charge in [0.05, 0.1) is 12.2 Å². The predicted octanol–water partition coefficient (Wildman–Crippen LogP) is 3.08. The first-order valence-electron chi connectivity index (χ1n) is 5.62. The number of ether oxygens (including phenoxy) is 1. The van der Waals surface area contributed by atoms with E-state index in [1.54, 1.807) is 6.07 Å². The topological polar surface area (TPSA) is 21.3 Å². The van der Waals surface area contributed by atoms with Gasteiger partial charge < -0.3 is 10.1 Å². The molecule has 1 N–H and O–H groups in total. The number of benzene rings is 1. The molecule has 0 saturated carbocycles. The monoisotopic (exact) mass is 283 g/mol. The van der Waals surface area contributed by atoms with Gasteiger partial charge in [-0.3, -0.25) is 0 Å². The molecule has 0 fully saturated rings. The second-order valence-corrected chi connectivity index (χ2v) is 3.84. The minimum absolute atomic E-state index is 0.0866. The van der Waals surface area contributed by atoms with Crippen molar-refractivity contribution in [3.05, 3.63) is 35.4 Å². The van der Waals surface area contributed by atoms with Gasteiger partial charge in [-0.2, -0.15) is 13.2 Å². The van der Waals surface area contributed by atoms with Crippen molar-refractivity contribution in [1.82, 2.24) is 5.32 Å². The molecule has 0 heterocycles. The Hall–Kier alpha value is -1.21. The second kappa shape index (κ2) is 7.40. The summed E-state index contributed by atoms with van der Waals surface area (Å²) < 4.78 is 65.3. The van der Waals surface area contributed by atoms with Crippen molar-refractivity contribution in [2.24, 2.45) is 0 Å². The van der Waals surface area contributed by atoms with Crippen LogP contribution in [0.15, 0.2) is 24.3 Å². The molecule has 0 bridgehead atoms. The second-order valence-electron chi connectivity index (χ2n) is 3.84. The SMILES string of the molecule is FC(F)COCCNCc1cccc(C(F)(F)F)c1. The zero-order chi connectivity index (χ0) is 14.3. The van der Waals surface area contributed by atoms with Crippen LogP contribution in [0.2, 0.25) is 0 Å². The van der Waals surface area contributed by atoms with Crippen molar-refractivity contribution < 1.29 is 26.7 Å². The van der Waals surface area contributed by atoms with E-state index >= 15 is 0 Å². The fourth-order valence-electron chi connectivity index (χ4n) is 1.41. The van der Waals surface area contributed by atoms with Crippen LogP contribution in [0.4, 0.5) is 22.0 Å². The Balaban J connectivity index is 2.30. The molecule has 2 nitrogen and oxygen atoms in total. The van der Waals surface area contributed by atoms with Gasteiger partial charge in [0, 0.05) is 13.1 Å². The third-order valence-electron chi connectivity index (χ3n) is 2.25. The van der Waals surface area contributed by atoms with Crippen molar-refractivity contribution in [2.45, 2.75) is 19.1 Å². The van der Waals surface area contributed by atoms with Crippen molar-refractivity contribution in [3.63, 3.8) is 0 Å². The fourth-order valence-corrected chi connectivity index (χ4v) is 1.41. The molecule has 0 spiro atoms. The van der Waals surface area contributed by atoms with E-state index in [4.69, 9.17) is 0 Å². The fraction of sp³-hybridized carbons (Fsp3) is 0.500. The Labute approximate surface area is 107 Å². The summed E-state index contributed by atoms with van der Waals surface area (Å²) in [6.45, 7) is -0.0283. The van der Waals surface area contributed by atoms with E-state index < -0.39 is 24.8 Å². The Kier molecular flexibility index (Phi) is 6.17. The molecule has 0 unspecified atom stereocenters. The highest BCUT2D eigenvalue weighted by Gasteiger charge is 2.30. The molecular formula is C12H14F5NO. The molecule has 7 heteroatoms. The number of rotatable bonds is 7. The predicted molar refractivity (Wildman–Crippen MR) is 60.0 cm³/mol. The van der Waals surface area contributed by atoms with E-state index in [1.165, 1.54) is 6.07 Å². The molecule has 1 aromatic carbocycles. The standard InChI is InChI=1S/C12H14F5NO/c13-11(14)8-19-5-4-18-7-9-2-1-3-10(6-9)12(15,16)17/h1-3,6,11,18H,4-5,7-8H2. The zero-order valence-corrected chi connectivity index (χ0v) is 10.0. The summed E-state index contributed by atoms with van der Waals surface area (Å²) in [4.78, 5) is 0. The summed E-state index contributed by atoms with van der Waals surface area (Å²) in [6, 6.07) is 4.93. The summed E-state index contributed by atoms with van der Waals surface area (Å²) >= 11 is 0. The molecule has 108 valence electrons. The first kappa shape index (κ1) is 15.8. The van der Waals surface area contributed by atoms with E-state index in [1.807, 2.05) is 0 Å². The maximum absolute atomic E-state index is 12.4. The minimum atomic E-state index is -4.36. The molecule has 0 aliphatic carbocycles. The average Bonchev–Trinajstić information content (AvgIpc) is 2.32. The van der Waals surface area contributed by atoms with Crippen molar-refractivity contribution in [1.29, 1.82) is 0 Å². The van der Waals surface area contributed by atoms with Gasteiger partial charge in [-0.05, 0) is 11.6 Å². The molecule has 0 atom stereocenters. The first-order chi connectivity index (χ1) is 8.89. The highest BCUT2D eigenvalue weighted by atomic mass is 19.4. The summed E-state index contributed by atoms with van der Waals surface area (Å²) in [5.41, 5.74) is -0.232. The van der Waals surface area contributed by atoms with Gasteiger partial charge in [0.1, 0.15) is 6.61 Å². The number of nitrogens with one attached hydrogen (secondary N) is 1. The quantitative estimate of drug-likeness (QED) is 0.613. The van der Waals surface area contributed by atoms with Gasteiger partial charge in [-0.1, -0.05) is 18.2 Å². The van der Waals surface area contributed by atoms with Gasteiger partial charge in [0.15, 0.2) is 0 Å². The summed E-state index contributed by atoms with van der Waals surface area (Å²) in [6.07, 6.45) is -6.88. The van der Waals surface area contributed by atoms with Crippen LogP contribution in [0.3, 0.4) is 0 Å². The molecule has 0 aliphatic heterocycles. The van der Waals surface area contributed by atoms with E-state index in [0.717, 1.165) is 12.1 Å². The van der Waals surface area contributed by atoms with Crippen LogP contribution in [0.25, 0.3) is 0 Å². The molecule has 19 heavy (non-hydrogen) atoms. The van der Waals surface area contributed by atoms with Gasteiger partial charge in [0.25, 0.3) is 6.43 Å². The maximum Gasteiger partial charge on any atom is 0.416 e. The lowest BCUT2D eigenvalue weighted by Crippen LogP contribution is -2.20. The number of hydrogen-bond donors (Lipinski definition) is 1. The number of alkyl halides is 5. The highest BCUT2D eigenvalue weighted by Crippen LogP contribution is 2.29. The molecule has 1 rings (SSSR count).